The molecular weight excluding hydrogens is 271 g/mol. The van der Waals surface area contributed by atoms with Crippen LogP contribution in [0, 0.1) is 5.82 Å². The minimum atomic E-state index is -0.603. The Morgan fingerprint density at radius 2 is 2.19 bits per heavy atom. The van der Waals surface area contributed by atoms with Crippen molar-refractivity contribution >= 4 is 0 Å². The molecule has 0 amide bonds. The summed E-state index contributed by atoms with van der Waals surface area (Å²) in [7, 11) is 0. The maximum atomic E-state index is 12.9. The fourth-order valence-electron chi connectivity index (χ4n) is 2.61. The Bertz CT molecular complexity index is 570. The number of rotatable bonds is 5. The highest BCUT2D eigenvalue weighted by Crippen LogP contribution is 2.27. The van der Waals surface area contributed by atoms with E-state index >= 15 is 0 Å². The van der Waals surface area contributed by atoms with Crippen molar-refractivity contribution in [2.45, 2.75) is 38.2 Å². The van der Waals surface area contributed by atoms with Crippen LogP contribution < -0.4 is 0 Å². The zero-order chi connectivity index (χ0) is 14.7. The number of hydrogen-bond acceptors (Lipinski definition) is 3. The van der Waals surface area contributed by atoms with E-state index in [1.54, 1.807) is 12.5 Å². The van der Waals surface area contributed by atoms with Gasteiger partial charge >= 0.3 is 0 Å². The van der Waals surface area contributed by atoms with Crippen molar-refractivity contribution in [3.8, 4) is 0 Å². The highest BCUT2D eigenvalue weighted by molar-refractivity contribution is 5.16. The molecule has 2 unspecified atom stereocenters. The van der Waals surface area contributed by atoms with Gasteiger partial charge in [-0.05, 0) is 37.5 Å². The number of aromatic nitrogens is 2. The maximum Gasteiger partial charge on any atom is 0.183 e. The first-order valence-electron chi connectivity index (χ1n) is 7.15. The Morgan fingerprint density at radius 3 is 2.90 bits per heavy atom. The lowest BCUT2D eigenvalue weighted by molar-refractivity contribution is -0.163. The van der Waals surface area contributed by atoms with Gasteiger partial charge in [-0.25, -0.2) is 9.37 Å². The molecule has 0 aliphatic carbocycles. The second kappa shape index (κ2) is 5.95. The van der Waals surface area contributed by atoms with Crippen LogP contribution in [0.25, 0.3) is 0 Å². The molecule has 2 aromatic rings. The van der Waals surface area contributed by atoms with Crippen LogP contribution in [0.15, 0.2) is 43.0 Å². The van der Waals surface area contributed by atoms with Crippen LogP contribution in [0.1, 0.15) is 18.9 Å². The summed E-state index contributed by atoms with van der Waals surface area (Å²) in [6.45, 7) is 3.16. The molecule has 0 spiro atoms. The fourth-order valence-corrected chi connectivity index (χ4v) is 2.61. The summed E-state index contributed by atoms with van der Waals surface area (Å²) in [5, 5.41) is 0. The Labute approximate surface area is 123 Å². The molecule has 112 valence electrons. The zero-order valence-electron chi connectivity index (χ0n) is 12.0. The monoisotopic (exact) mass is 290 g/mol. The van der Waals surface area contributed by atoms with E-state index in [-0.39, 0.29) is 11.9 Å². The van der Waals surface area contributed by atoms with E-state index in [0.717, 1.165) is 18.4 Å². The lowest BCUT2D eigenvalue weighted by atomic mass is 10.1. The average Bonchev–Trinajstić information content (AvgIpc) is 3.09. The minimum absolute atomic E-state index is 0.0728. The van der Waals surface area contributed by atoms with Crippen molar-refractivity contribution in [3.05, 3.63) is 54.4 Å². The first-order valence-corrected chi connectivity index (χ1v) is 7.15. The fraction of sp³-hybridized carbons (Fsp3) is 0.438. The molecule has 21 heavy (non-hydrogen) atoms. The molecule has 1 aromatic heterocycles. The van der Waals surface area contributed by atoms with Crippen LogP contribution in [0.5, 0.6) is 0 Å². The summed E-state index contributed by atoms with van der Waals surface area (Å²) >= 11 is 0. The highest BCUT2D eigenvalue weighted by Gasteiger charge is 2.37. The standard InChI is InChI=1S/C16H19FN2O2/c1-16(11-19-9-8-18-12-19)20-10-15(21-16)7-4-13-2-5-14(17)6-3-13/h2-3,5-6,8-9,12,15H,4,7,10-11H2,1H3. The normalized spacial score (nSPS) is 25.3. The Morgan fingerprint density at radius 1 is 1.38 bits per heavy atom. The van der Waals surface area contributed by atoms with E-state index in [2.05, 4.69) is 4.98 Å². The van der Waals surface area contributed by atoms with E-state index in [4.69, 9.17) is 9.47 Å². The summed E-state index contributed by atoms with van der Waals surface area (Å²) < 4.78 is 26.6. The Balaban J connectivity index is 1.51. The number of ether oxygens (including phenoxy) is 2. The van der Waals surface area contributed by atoms with Gasteiger partial charge in [-0.3, -0.25) is 0 Å². The lowest BCUT2D eigenvalue weighted by Crippen LogP contribution is -2.32. The molecule has 2 heterocycles. The molecule has 0 bridgehead atoms. The number of imidazole rings is 1. The summed E-state index contributed by atoms with van der Waals surface area (Å²) in [6.07, 6.45) is 7.18. The SMILES string of the molecule is CC1(Cn2ccnc2)OCC(CCc2ccc(F)cc2)O1. The van der Waals surface area contributed by atoms with Crippen molar-refractivity contribution < 1.29 is 13.9 Å². The molecule has 1 aliphatic rings. The molecule has 3 rings (SSSR count). The molecule has 5 heteroatoms. The third-order valence-electron chi connectivity index (χ3n) is 3.69. The second-order valence-corrected chi connectivity index (χ2v) is 5.58. The number of halogens is 1. The third-order valence-corrected chi connectivity index (χ3v) is 3.69. The van der Waals surface area contributed by atoms with Gasteiger partial charge in [0.1, 0.15) is 5.82 Å². The van der Waals surface area contributed by atoms with Crippen LogP contribution in [-0.4, -0.2) is 28.0 Å². The Kier molecular flexibility index (Phi) is 4.03. The predicted molar refractivity (Wildman–Crippen MR) is 76.2 cm³/mol. The van der Waals surface area contributed by atoms with E-state index in [1.165, 1.54) is 12.1 Å². The van der Waals surface area contributed by atoms with E-state index < -0.39 is 5.79 Å². The smallest absolute Gasteiger partial charge is 0.183 e. The minimum Gasteiger partial charge on any atom is -0.346 e. The van der Waals surface area contributed by atoms with Gasteiger partial charge in [-0.2, -0.15) is 0 Å². The van der Waals surface area contributed by atoms with Gasteiger partial charge in [-0.1, -0.05) is 12.1 Å². The number of nitrogens with zero attached hydrogens (tertiary/aromatic N) is 2. The molecular formula is C16H19FN2O2. The number of aryl methyl sites for hydroxylation is 1. The number of hydrogen-bond donors (Lipinski definition) is 0. The predicted octanol–water partition coefficient (Wildman–Crippen LogP) is 2.79. The molecule has 0 radical (unpaired) electrons. The quantitative estimate of drug-likeness (QED) is 0.849. The summed E-state index contributed by atoms with van der Waals surface area (Å²) in [4.78, 5) is 4.02. The largest absolute Gasteiger partial charge is 0.346 e. The third kappa shape index (κ3) is 3.68. The van der Waals surface area contributed by atoms with E-state index in [0.29, 0.717) is 13.2 Å². The van der Waals surface area contributed by atoms with Gasteiger partial charge in [0.05, 0.1) is 25.6 Å². The van der Waals surface area contributed by atoms with Crippen LogP contribution in [-0.2, 0) is 22.4 Å². The van der Waals surface area contributed by atoms with Crippen molar-refractivity contribution in [3.63, 3.8) is 0 Å². The zero-order valence-corrected chi connectivity index (χ0v) is 12.0. The highest BCUT2D eigenvalue weighted by atomic mass is 19.1. The van der Waals surface area contributed by atoms with Crippen LogP contribution in [0.4, 0.5) is 4.39 Å². The van der Waals surface area contributed by atoms with Crippen molar-refractivity contribution in [2.24, 2.45) is 0 Å². The van der Waals surface area contributed by atoms with Crippen molar-refractivity contribution in [1.82, 2.24) is 9.55 Å². The van der Waals surface area contributed by atoms with Gasteiger partial charge in [0.2, 0.25) is 0 Å². The summed E-state index contributed by atoms with van der Waals surface area (Å²) in [5.41, 5.74) is 1.11. The molecule has 0 saturated carbocycles. The maximum absolute atomic E-state index is 12.9. The van der Waals surface area contributed by atoms with Crippen LogP contribution >= 0.6 is 0 Å². The van der Waals surface area contributed by atoms with E-state index in [9.17, 15) is 4.39 Å². The molecule has 2 atom stereocenters. The first kappa shape index (κ1) is 14.2. The lowest BCUT2D eigenvalue weighted by Gasteiger charge is -2.23. The first-order chi connectivity index (χ1) is 10.1. The van der Waals surface area contributed by atoms with Gasteiger partial charge in [0, 0.05) is 12.4 Å². The summed E-state index contributed by atoms with van der Waals surface area (Å²) in [6, 6.07) is 6.61. The van der Waals surface area contributed by atoms with Gasteiger partial charge in [0.15, 0.2) is 5.79 Å². The second-order valence-electron chi connectivity index (χ2n) is 5.58. The van der Waals surface area contributed by atoms with Crippen LogP contribution in [0.2, 0.25) is 0 Å². The van der Waals surface area contributed by atoms with Crippen molar-refractivity contribution in [1.29, 1.82) is 0 Å². The van der Waals surface area contributed by atoms with Gasteiger partial charge in [-0.15, -0.1) is 0 Å². The molecule has 1 aromatic carbocycles. The molecule has 4 nitrogen and oxygen atoms in total. The molecule has 1 saturated heterocycles. The molecule has 1 fully saturated rings. The van der Waals surface area contributed by atoms with Gasteiger partial charge < -0.3 is 14.0 Å². The summed E-state index contributed by atoms with van der Waals surface area (Å²) in [5.74, 6) is -0.805. The Hall–Kier alpha value is -1.72. The van der Waals surface area contributed by atoms with Crippen LogP contribution in [0.3, 0.4) is 0 Å². The number of benzene rings is 1. The topological polar surface area (TPSA) is 36.3 Å². The molecule has 0 N–H and O–H groups in total. The van der Waals surface area contributed by atoms with Gasteiger partial charge in [0.25, 0.3) is 0 Å². The molecule has 1 aliphatic heterocycles. The van der Waals surface area contributed by atoms with Crippen molar-refractivity contribution in [2.75, 3.05) is 6.61 Å². The van der Waals surface area contributed by atoms with E-state index in [1.807, 2.05) is 29.8 Å². The average molecular weight is 290 g/mol.